The maximum absolute atomic E-state index is 12.8. The minimum atomic E-state index is -1.03. The molecule has 1 aliphatic rings. The van der Waals surface area contributed by atoms with E-state index in [1.54, 1.807) is 30.1 Å². The van der Waals surface area contributed by atoms with E-state index in [1.807, 2.05) is 24.3 Å². The van der Waals surface area contributed by atoms with Crippen molar-refractivity contribution in [2.75, 3.05) is 20.3 Å². The van der Waals surface area contributed by atoms with Crippen LogP contribution in [0, 0.1) is 5.92 Å². The fourth-order valence-electron chi connectivity index (χ4n) is 3.02. The first-order valence-corrected chi connectivity index (χ1v) is 8.90. The zero-order valence-corrected chi connectivity index (χ0v) is 15.6. The first-order chi connectivity index (χ1) is 12.9. The number of hydrogen-bond donors (Lipinski definition) is 1. The first kappa shape index (κ1) is 19.0. The van der Waals surface area contributed by atoms with Crippen LogP contribution in [0.4, 0.5) is 0 Å². The van der Waals surface area contributed by atoms with Gasteiger partial charge in [-0.2, -0.15) is 0 Å². The normalized spacial score (nSPS) is 15.4. The molecule has 2 aromatic carbocycles. The molecule has 0 spiro atoms. The second-order valence-corrected chi connectivity index (χ2v) is 6.92. The van der Waals surface area contributed by atoms with Gasteiger partial charge in [0.2, 0.25) is 5.91 Å². The summed E-state index contributed by atoms with van der Waals surface area (Å²) in [7, 11) is 1.75. The lowest BCUT2D eigenvalue weighted by Crippen LogP contribution is -2.38. The smallest absolute Gasteiger partial charge is 0.341 e. The van der Waals surface area contributed by atoms with Crippen LogP contribution < -0.4 is 9.47 Å². The van der Waals surface area contributed by atoms with Gasteiger partial charge in [0.15, 0.2) is 6.61 Å². The molecule has 1 amide bonds. The van der Waals surface area contributed by atoms with Crippen LogP contribution in [0.25, 0.3) is 0 Å². The number of ether oxygens (including phenoxy) is 2. The predicted molar refractivity (Wildman–Crippen MR) is 100 cm³/mol. The first-order valence-electron chi connectivity index (χ1n) is 8.52. The van der Waals surface area contributed by atoms with Gasteiger partial charge in [-0.05, 0) is 47.9 Å². The molecule has 27 heavy (non-hydrogen) atoms. The third kappa shape index (κ3) is 4.92. The Labute approximate surface area is 162 Å². The fraction of sp³-hybridized carbons (Fsp3) is 0.300. The van der Waals surface area contributed by atoms with Gasteiger partial charge in [0.25, 0.3) is 0 Å². The highest BCUT2D eigenvalue weighted by molar-refractivity contribution is 6.30. The maximum atomic E-state index is 12.8. The number of aliphatic carboxylic acids is 1. The third-order valence-electron chi connectivity index (χ3n) is 4.36. The number of carbonyl (C=O) groups excluding carboxylic acids is 1. The highest BCUT2D eigenvalue weighted by Gasteiger charge is 2.28. The molecule has 142 valence electrons. The zero-order chi connectivity index (χ0) is 19.4. The van der Waals surface area contributed by atoms with E-state index in [0.29, 0.717) is 30.3 Å². The van der Waals surface area contributed by atoms with Crippen LogP contribution in [0.3, 0.4) is 0 Å². The molecule has 3 rings (SSSR count). The van der Waals surface area contributed by atoms with Crippen molar-refractivity contribution < 1.29 is 24.2 Å². The predicted octanol–water partition coefficient (Wildman–Crippen LogP) is 3.01. The number of nitrogens with zero attached hydrogens (tertiary/aromatic N) is 1. The molecule has 0 aromatic heterocycles. The molecule has 1 aliphatic heterocycles. The van der Waals surface area contributed by atoms with Crippen LogP contribution in [0.15, 0.2) is 42.5 Å². The number of hydrogen-bond acceptors (Lipinski definition) is 4. The highest BCUT2D eigenvalue weighted by atomic mass is 35.5. The lowest BCUT2D eigenvalue weighted by Gasteiger charge is -2.28. The lowest BCUT2D eigenvalue weighted by molar-refractivity contribution is -0.139. The summed E-state index contributed by atoms with van der Waals surface area (Å²) in [6.07, 6.45) is 0.598. The topological polar surface area (TPSA) is 76.1 Å². The van der Waals surface area contributed by atoms with Gasteiger partial charge in [0.05, 0.1) is 5.92 Å². The lowest BCUT2D eigenvalue weighted by atomic mass is 9.95. The Morgan fingerprint density at radius 1 is 1.26 bits per heavy atom. The second-order valence-electron chi connectivity index (χ2n) is 6.48. The summed E-state index contributed by atoms with van der Waals surface area (Å²) in [6.45, 7) is 0.404. The van der Waals surface area contributed by atoms with Crippen LogP contribution in [0.1, 0.15) is 11.1 Å². The van der Waals surface area contributed by atoms with E-state index in [9.17, 15) is 9.59 Å². The molecule has 6 nitrogen and oxygen atoms in total. The van der Waals surface area contributed by atoms with Crippen molar-refractivity contribution >= 4 is 23.5 Å². The maximum Gasteiger partial charge on any atom is 0.341 e. The summed E-state index contributed by atoms with van der Waals surface area (Å²) in [6, 6.07) is 12.5. The quantitative estimate of drug-likeness (QED) is 0.821. The van der Waals surface area contributed by atoms with E-state index < -0.39 is 5.97 Å². The Hall–Kier alpha value is -2.73. The molecule has 1 unspecified atom stereocenters. The molecule has 0 saturated heterocycles. The van der Waals surface area contributed by atoms with Crippen molar-refractivity contribution in [3.8, 4) is 11.5 Å². The molecular formula is C20H20ClNO5. The van der Waals surface area contributed by atoms with Crippen LogP contribution >= 0.6 is 11.6 Å². The Morgan fingerprint density at radius 2 is 2.00 bits per heavy atom. The number of rotatable bonds is 6. The number of carbonyl (C=O) groups is 2. The van der Waals surface area contributed by atoms with Crippen LogP contribution in [0.2, 0.25) is 5.02 Å². The zero-order valence-electron chi connectivity index (χ0n) is 14.9. The molecule has 0 fully saturated rings. The molecule has 1 N–H and O–H groups in total. The van der Waals surface area contributed by atoms with Gasteiger partial charge in [-0.3, -0.25) is 4.79 Å². The van der Waals surface area contributed by atoms with Crippen LogP contribution in [-0.4, -0.2) is 42.1 Å². The highest BCUT2D eigenvalue weighted by Crippen LogP contribution is 2.30. The summed E-state index contributed by atoms with van der Waals surface area (Å²) >= 11 is 6.03. The molecular weight excluding hydrogens is 370 g/mol. The van der Waals surface area contributed by atoms with Gasteiger partial charge in [0.1, 0.15) is 18.1 Å². The largest absolute Gasteiger partial charge is 0.492 e. The van der Waals surface area contributed by atoms with Crippen molar-refractivity contribution in [2.45, 2.75) is 13.0 Å². The Bertz CT molecular complexity index is 837. The van der Waals surface area contributed by atoms with Crippen molar-refractivity contribution in [3.63, 3.8) is 0 Å². The molecule has 0 aliphatic carbocycles. The van der Waals surface area contributed by atoms with E-state index in [1.165, 1.54) is 0 Å². The number of halogens is 1. The summed E-state index contributed by atoms with van der Waals surface area (Å²) in [5, 5.41) is 9.25. The monoisotopic (exact) mass is 389 g/mol. The van der Waals surface area contributed by atoms with Gasteiger partial charge < -0.3 is 19.5 Å². The standard InChI is InChI=1S/C20H20ClNO5/c1-22(10-13-2-5-17(6-3-13)26-12-19(23)24)20(25)15-8-14-9-16(21)4-7-18(14)27-11-15/h2-7,9,15H,8,10-12H2,1H3,(H,23,24). The van der Waals surface area contributed by atoms with E-state index >= 15 is 0 Å². The Morgan fingerprint density at radius 3 is 2.70 bits per heavy atom. The SMILES string of the molecule is CN(Cc1ccc(OCC(=O)O)cc1)C(=O)C1COc2ccc(Cl)cc2C1. The van der Waals surface area contributed by atoms with Crippen LogP contribution in [0.5, 0.6) is 11.5 Å². The molecule has 0 radical (unpaired) electrons. The Kier molecular flexibility index (Phi) is 5.86. The summed E-state index contributed by atoms with van der Waals surface area (Å²) in [4.78, 5) is 24.9. The van der Waals surface area contributed by atoms with E-state index in [-0.39, 0.29) is 18.4 Å². The molecule has 0 bridgehead atoms. The molecule has 1 atom stereocenters. The number of carboxylic acid groups (broad SMARTS) is 1. The van der Waals surface area contributed by atoms with Crippen molar-refractivity contribution in [3.05, 3.63) is 58.6 Å². The summed E-state index contributed by atoms with van der Waals surface area (Å²) in [5.74, 6) is -0.0136. The Balaban J connectivity index is 1.58. The van der Waals surface area contributed by atoms with Gasteiger partial charge in [-0.15, -0.1) is 0 Å². The van der Waals surface area contributed by atoms with Gasteiger partial charge >= 0.3 is 5.97 Å². The molecule has 0 saturated carbocycles. The van der Waals surface area contributed by atoms with Gasteiger partial charge in [0, 0.05) is 18.6 Å². The van der Waals surface area contributed by atoms with E-state index in [2.05, 4.69) is 0 Å². The summed E-state index contributed by atoms with van der Waals surface area (Å²) in [5.41, 5.74) is 1.87. The van der Waals surface area contributed by atoms with E-state index in [4.69, 9.17) is 26.2 Å². The average molecular weight is 390 g/mol. The van der Waals surface area contributed by atoms with Crippen molar-refractivity contribution in [1.82, 2.24) is 4.90 Å². The number of fused-ring (bicyclic) bond motifs is 1. The van der Waals surface area contributed by atoms with Gasteiger partial charge in [-0.1, -0.05) is 23.7 Å². The minimum Gasteiger partial charge on any atom is -0.492 e. The van der Waals surface area contributed by atoms with Gasteiger partial charge in [-0.25, -0.2) is 4.79 Å². The molecule has 2 aromatic rings. The number of amides is 1. The van der Waals surface area contributed by atoms with Crippen molar-refractivity contribution in [1.29, 1.82) is 0 Å². The fourth-order valence-corrected chi connectivity index (χ4v) is 3.22. The molecule has 7 heteroatoms. The summed E-state index contributed by atoms with van der Waals surface area (Å²) < 4.78 is 10.8. The molecule has 1 heterocycles. The number of carboxylic acids is 1. The minimum absolute atomic E-state index is 0.00632. The third-order valence-corrected chi connectivity index (χ3v) is 4.59. The van der Waals surface area contributed by atoms with Crippen LogP contribution in [-0.2, 0) is 22.6 Å². The van der Waals surface area contributed by atoms with Crippen molar-refractivity contribution in [2.24, 2.45) is 5.92 Å². The van der Waals surface area contributed by atoms with E-state index in [0.717, 1.165) is 16.9 Å². The number of benzene rings is 2. The second kappa shape index (κ2) is 8.31. The average Bonchev–Trinajstić information content (AvgIpc) is 2.66.